The van der Waals surface area contributed by atoms with Crippen LogP contribution in [0.15, 0.2) is 54.6 Å². The Hall–Kier alpha value is -3.35. The average Bonchev–Trinajstić information content (AvgIpc) is 3.19. The van der Waals surface area contributed by atoms with Crippen LogP contribution in [0.1, 0.15) is 39.6 Å². The van der Waals surface area contributed by atoms with E-state index >= 15 is 0 Å². The van der Waals surface area contributed by atoms with E-state index in [0.29, 0.717) is 17.1 Å². The first-order valence-electron chi connectivity index (χ1n) is 12.1. The highest BCUT2D eigenvalue weighted by molar-refractivity contribution is 5.86. The molecule has 0 radical (unpaired) electrons. The van der Waals surface area contributed by atoms with E-state index in [4.69, 9.17) is 9.47 Å². The lowest BCUT2D eigenvalue weighted by Crippen LogP contribution is -2.39. The van der Waals surface area contributed by atoms with Gasteiger partial charge in [-0.1, -0.05) is 30.3 Å². The highest BCUT2D eigenvalue weighted by Crippen LogP contribution is 2.44. The summed E-state index contributed by atoms with van der Waals surface area (Å²) in [6.45, 7) is 3.76. The highest BCUT2D eigenvalue weighted by atomic mass is 19.1. The minimum atomic E-state index is -0.252. The third kappa shape index (κ3) is 3.68. The first-order valence-corrected chi connectivity index (χ1v) is 12.1. The van der Waals surface area contributed by atoms with Gasteiger partial charge in [-0.25, -0.2) is 4.39 Å². The normalized spacial score (nSPS) is 17.1. The van der Waals surface area contributed by atoms with Crippen LogP contribution in [0.2, 0.25) is 0 Å². The molecule has 0 bridgehead atoms. The zero-order valence-electron chi connectivity index (χ0n) is 20.1. The Kier molecular flexibility index (Phi) is 5.50. The van der Waals surface area contributed by atoms with Crippen molar-refractivity contribution in [3.8, 4) is 11.5 Å². The van der Waals surface area contributed by atoms with Gasteiger partial charge < -0.3 is 19.1 Å². The molecule has 3 aromatic carbocycles. The molecule has 5 nitrogen and oxygen atoms in total. The van der Waals surface area contributed by atoms with Crippen LogP contribution in [0.25, 0.3) is 10.9 Å². The predicted molar refractivity (Wildman–Crippen MR) is 133 cm³/mol. The smallest absolute Gasteiger partial charge is 0.161 e. The summed E-state index contributed by atoms with van der Waals surface area (Å²) in [4.78, 5) is 2.50. The number of nitrogens with zero attached hydrogens (tertiary/aromatic N) is 2. The highest BCUT2D eigenvalue weighted by Gasteiger charge is 2.35. The molecule has 2 aliphatic heterocycles. The summed E-state index contributed by atoms with van der Waals surface area (Å²) in [6.07, 6.45) is 1.79. The van der Waals surface area contributed by atoms with Crippen molar-refractivity contribution < 1.29 is 19.0 Å². The van der Waals surface area contributed by atoms with Gasteiger partial charge in [0.1, 0.15) is 19.2 Å². The molecule has 1 unspecified atom stereocenters. The fraction of sp³-hybridized carbons (Fsp3) is 0.310. The Bertz CT molecular complexity index is 1430. The average molecular weight is 473 g/mol. The number of para-hydroxylation sites is 1. The molecule has 2 aliphatic rings. The Labute approximate surface area is 204 Å². The lowest BCUT2D eigenvalue weighted by Gasteiger charge is -2.41. The van der Waals surface area contributed by atoms with Crippen molar-refractivity contribution in [2.24, 2.45) is 0 Å². The molecule has 35 heavy (non-hydrogen) atoms. The number of fused-ring (bicyclic) bond motifs is 6. The van der Waals surface area contributed by atoms with E-state index < -0.39 is 0 Å². The maximum atomic E-state index is 14.3. The van der Waals surface area contributed by atoms with Gasteiger partial charge in [-0.05, 0) is 66.3 Å². The summed E-state index contributed by atoms with van der Waals surface area (Å²) < 4.78 is 28.1. The van der Waals surface area contributed by atoms with E-state index in [1.165, 1.54) is 33.8 Å². The van der Waals surface area contributed by atoms with E-state index in [1.54, 1.807) is 13.2 Å². The van der Waals surface area contributed by atoms with Gasteiger partial charge in [-0.3, -0.25) is 4.90 Å². The number of methoxy groups -OCH3 is 1. The van der Waals surface area contributed by atoms with Crippen molar-refractivity contribution in [3.05, 3.63) is 93.9 Å². The largest absolute Gasteiger partial charge is 0.493 e. The maximum absolute atomic E-state index is 14.3. The summed E-state index contributed by atoms with van der Waals surface area (Å²) >= 11 is 0. The number of aliphatic hydroxyl groups is 1. The van der Waals surface area contributed by atoms with Crippen LogP contribution in [0.3, 0.4) is 0 Å². The number of ether oxygens (including phenoxy) is 2. The molecule has 3 heterocycles. The molecule has 180 valence electrons. The minimum absolute atomic E-state index is 0.0129. The molecular formula is C29H29FN2O3. The Morgan fingerprint density at radius 2 is 1.94 bits per heavy atom. The standard InChI is InChI=1S/C29H29FN2O3/c1-18-7-8-20(24(30)11-18)16-35-29-12-19-9-10-31-15-27-23(13-26(31)22(19)14-28(29)34-2)21-5-3-4-6-25(21)32(27)17-33/h3-8,11-12,14,26,33H,9-10,13,15-17H2,1-2H3. The number of aryl methyl sites for hydroxylation is 1. The number of hydrogen-bond acceptors (Lipinski definition) is 4. The Morgan fingerprint density at radius 1 is 1.09 bits per heavy atom. The van der Waals surface area contributed by atoms with Crippen molar-refractivity contribution in [3.63, 3.8) is 0 Å². The number of halogens is 1. The lowest BCUT2D eigenvalue weighted by atomic mass is 9.85. The van der Waals surface area contributed by atoms with Gasteiger partial charge >= 0.3 is 0 Å². The van der Waals surface area contributed by atoms with Gasteiger partial charge in [-0.15, -0.1) is 0 Å². The molecule has 0 fully saturated rings. The van der Waals surface area contributed by atoms with E-state index in [2.05, 4.69) is 35.2 Å². The molecule has 1 aromatic heterocycles. The quantitative estimate of drug-likeness (QED) is 0.429. The van der Waals surface area contributed by atoms with Crippen LogP contribution in [-0.4, -0.2) is 28.2 Å². The second-order valence-corrected chi connectivity index (χ2v) is 9.54. The van der Waals surface area contributed by atoms with E-state index in [1.807, 2.05) is 23.6 Å². The molecular weight excluding hydrogens is 443 g/mol. The zero-order valence-corrected chi connectivity index (χ0v) is 20.1. The zero-order chi connectivity index (χ0) is 24.1. The third-order valence-corrected chi connectivity index (χ3v) is 7.57. The van der Waals surface area contributed by atoms with Crippen molar-refractivity contribution in [1.29, 1.82) is 0 Å². The number of benzene rings is 3. The molecule has 1 N–H and O–H groups in total. The summed E-state index contributed by atoms with van der Waals surface area (Å²) in [5.41, 5.74) is 7.54. The number of hydrogen-bond donors (Lipinski definition) is 1. The summed E-state index contributed by atoms with van der Waals surface area (Å²) in [5.74, 6) is 1.06. The summed E-state index contributed by atoms with van der Waals surface area (Å²) in [7, 11) is 1.65. The molecule has 4 aromatic rings. The molecule has 0 saturated carbocycles. The van der Waals surface area contributed by atoms with Crippen LogP contribution in [0.5, 0.6) is 11.5 Å². The summed E-state index contributed by atoms with van der Waals surface area (Å²) in [5, 5.41) is 11.3. The predicted octanol–water partition coefficient (Wildman–Crippen LogP) is 5.28. The second-order valence-electron chi connectivity index (χ2n) is 9.54. The molecule has 6 rings (SSSR count). The van der Waals surface area contributed by atoms with E-state index in [-0.39, 0.29) is 25.2 Å². The van der Waals surface area contributed by atoms with Gasteiger partial charge in [0.2, 0.25) is 0 Å². The van der Waals surface area contributed by atoms with Crippen molar-refractivity contribution in [2.75, 3.05) is 13.7 Å². The van der Waals surface area contributed by atoms with Crippen LogP contribution in [0.4, 0.5) is 4.39 Å². The fourth-order valence-electron chi connectivity index (χ4n) is 5.77. The van der Waals surface area contributed by atoms with Gasteiger partial charge in [0.05, 0.1) is 12.6 Å². The molecule has 0 aliphatic carbocycles. The number of aromatic nitrogens is 1. The summed E-state index contributed by atoms with van der Waals surface area (Å²) in [6, 6.07) is 17.9. The molecule has 0 spiro atoms. The maximum Gasteiger partial charge on any atom is 0.161 e. The van der Waals surface area contributed by atoms with Crippen LogP contribution in [-0.2, 0) is 32.7 Å². The molecule has 0 saturated heterocycles. The van der Waals surface area contributed by atoms with E-state index in [9.17, 15) is 9.50 Å². The monoisotopic (exact) mass is 472 g/mol. The van der Waals surface area contributed by atoms with Crippen LogP contribution >= 0.6 is 0 Å². The van der Waals surface area contributed by atoms with Crippen molar-refractivity contribution in [2.45, 2.75) is 45.7 Å². The first kappa shape index (κ1) is 22.1. The van der Waals surface area contributed by atoms with E-state index in [0.717, 1.165) is 37.0 Å². The van der Waals surface area contributed by atoms with Gasteiger partial charge in [0.25, 0.3) is 0 Å². The van der Waals surface area contributed by atoms with Crippen LogP contribution in [0, 0.1) is 12.7 Å². The molecule has 6 heteroatoms. The van der Waals surface area contributed by atoms with Gasteiger partial charge in [0, 0.05) is 35.8 Å². The topological polar surface area (TPSA) is 46.9 Å². The number of rotatable bonds is 5. The second kappa shape index (κ2) is 8.70. The lowest BCUT2D eigenvalue weighted by molar-refractivity contribution is 0.145. The van der Waals surface area contributed by atoms with Crippen LogP contribution < -0.4 is 9.47 Å². The Morgan fingerprint density at radius 3 is 2.74 bits per heavy atom. The third-order valence-electron chi connectivity index (χ3n) is 7.57. The Balaban J connectivity index is 1.34. The van der Waals surface area contributed by atoms with Crippen molar-refractivity contribution in [1.82, 2.24) is 9.47 Å². The van der Waals surface area contributed by atoms with Gasteiger partial charge in [-0.2, -0.15) is 0 Å². The molecule has 1 atom stereocenters. The minimum Gasteiger partial charge on any atom is -0.493 e. The molecule has 0 amide bonds. The SMILES string of the molecule is COc1cc2c(cc1OCc1ccc(C)cc1F)CCN1Cc3c(c4ccccc4n3CO)CC21. The van der Waals surface area contributed by atoms with Crippen molar-refractivity contribution >= 4 is 10.9 Å². The van der Waals surface area contributed by atoms with Gasteiger partial charge in [0.15, 0.2) is 11.5 Å². The first-order chi connectivity index (χ1) is 17.1. The number of aliphatic hydroxyl groups excluding tert-OH is 1. The fourth-order valence-corrected chi connectivity index (χ4v) is 5.77.